The van der Waals surface area contributed by atoms with E-state index in [1.54, 1.807) is 11.3 Å². The van der Waals surface area contributed by atoms with E-state index in [-0.39, 0.29) is 5.97 Å². The van der Waals surface area contributed by atoms with Gasteiger partial charge in [-0.25, -0.2) is 0 Å². The molecule has 17 heavy (non-hydrogen) atoms. The second-order valence-electron chi connectivity index (χ2n) is 4.50. The molecule has 4 heteroatoms. The van der Waals surface area contributed by atoms with Crippen LogP contribution in [0.2, 0.25) is 0 Å². The lowest BCUT2D eigenvalue weighted by atomic mass is 10.2. The van der Waals surface area contributed by atoms with E-state index >= 15 is 0 Å². The average molecular weight is 253 g/mol. The molecular formula is C13H19NO2S. The fraction of sp³-hybridized carbons (Fsp3) is 0.615. The summed E-state index contributed by atoms with van der Waals surface area (Å²) in [6.07, 6.45) is 4.99. The van der Waals surface area contributed by atoms with Crippen LogP contribution in [0.4, 0.5) is 0 Å². The van der Waals surface area contributed by atoms with Gasteiger partial charge in [0.25, 0.3) is 0 Å². The van der Waals surface area contributed by atoms with Gasteiger partial charge in [-0.05, 0) is 24.3 Å². The van der Waals surface area contributed by atoms with Crippen LogP contribution in [0.5, 0.6) is 0 Å². The van der Waals surface area contributed by atoms with Crippen LogP contribution in [-0.4, -0.2) is 30.6 Å². The van der Waals surface area contributed by atoms with Gasteiger partial charge in [0, 0.05) is 17.5 Å². The zero-order valence-corrected chi connectivity index (χ0v) is 11.0. The van der Waals surface area contributed by atoms with Gasteiger partial charge >= 0.3 is 5.97 Å². The Morgan fingerprint density at radius 2 is 2.29 bits per heavy atom. The number of rotatable bonds is 5. The van der Waals surface area contributed by atoms with E-state index in [1.807, 2.05) is 0 Å². The molecule has 1 heterocycles. The molecule has 0 N–H and O–H groups in total. The Kier molecular flexibility index (Phi) is 4.57. The topological polar surface area (TPSA) is 29.5 Å². The molecule has 0 saturated heterocycles. The number of nitrogens with zero attached hydrogens (tertiary/aromatic N) is 1. The minimum Gasteiger partial charge on any atom is -0.468 e. The van der Waals surface area contributed by atoms with Crippen molar-refractivity contribution in [3.8, 4) is 0 Å². The van der Waals surface area contributed by atoms with Crippen LogP contribution in [-0.2, 0) is 16.1 Å². The van der Waals surface area contributed by atoms with E-state index in [0.29, 0.717) is 12.6 Å². The molecular weight excluding hydrogens is 234 g/mol. The Morgan fingerprint density at radius 3 is 2.88 bits per heavy atom. The first-order chi connectivity index (χ1) is 8.29. The summed E-state index contributed by atoms with van der Waals surface area (Å²) < 4.78 is 4.78. The minimum absolute atomic E-state index is 0.131. The summed E-state index contributed by atoms with van der Waals surface area (Å²) in [6.45, 7) is 1.29. The maximum absolute atomic E-state index is 11.4. The van der Waals surface area contributed by atoms with E-state index in [4.69, 9.17) is 4.74 Å². The molecule has 1 aromatic rings. The van der Waals surface area contributed by atoms with Crippen molar-refractivity contribution in [3.63, 3.8) is 0 Å². The molecule has 0 amide bonds. The second kappa shape index (κ2) is 6.17. The van der Waals surface area contributed by atoms with Gasteiger partial charge in [0.15, 0.2) is 0 Å². The van der Waals surface area contributed by atoms with E-state index in [2.05, 4.69) is 22.4 Å². The highest BCUT2D eigenvalue weighted by atomic mass is 32.1. The molecule has 0 aliphatic heterocycles. The number of thiophene rings is 1. The first-order valence-corrected chi connectivity index (χ1v) is 7.01. The van der Waals surface area contributed by atoms with E-state index in [0.717, 1.165) is 6.54 Å². The number of hydrogen-bond acceptors (Lipinski definition) is 4. The summed E-state index contributed by atoms with van der Waals surface area (Å²) >= 11 is 1.75. The lowest BCUT2D eigenvalue weighted by molar-refractivity contribution is -0.142. The van der Waals surface area contributed by atoms with Crippen LogP contribution in [0, 0.1) is 0 Å². The number of esters is 1. The standard InChI is InChI=1S/C13H19NO2S/c1-16-13(15)10-14(11-5-2-3-6-11)9-12-7-4-8-17-12/h4,7-8,11H,2-3,5-6,9-10H2,1H3. The summed E-state index contributed by atoms with van der Waals surface area (Å²) in [5.74, 6) is -0.131. The Labute approximate surface area is 106 Å². The summed E-state index contributed by atoms with van der Waals surface area (Å²) in [5.41, 5.74) is 0. The van der Waals surface area contributed by atoms with Crippen molar-refractivity contribution in [1.82, 2.24) is 4.90 Å². The highest BCUT2D eigenvalue weighted by molar-refractivity contribution is 7.09. The predicted octanol–water partition coefficient (Wildman–Crippen LogP) is 2.67. The fourth-order valence-electron chi connectivity index (χ4n) is 2.42. The monoisotopic (exact) mass is 253 g/mol. The van der Waals surface area contributed by atoms with Crippen molar-refractivity contribution in [2.45, 2.75) is 38.3 Å². The van der Waals surface area contributed by atoms with Crippen molar-refractivity contribution in [2.24, 2.45) is 0 Å². The molecule has 3 nitrogen and oxygen atoms in total. The predicted molar refractivity (Wildman–Crippen MR) is 69.0 cm³/mol. The maximum atomic E-state index is 11.4. The van der Waals surface area contributed by atoms with Crippen molar-refractivity contribution < 1.29 is 9.53 Å². The van der Waals surface area contributed by atoms with Crippen molar-refractivity contribution >= 4 is 17.3 Å². The van der Waals surface area contributed by atoms with Crippen molar-refractivity contribution in [3.05, 3.63) is 22.4 Å². The van der Waals surface area contributed by atoms with Crippen molar-refractivity contribution in [1.29, 1.82) is 0 Å². The molecule has 94 valence electrons. The largest absolute Gasteiger partial charge is 0.468 e. The lowest BCUT2D eigenvalue weighted by Crippen LogP contribution is -2.37. The Morgan fingerprint density at radius 1 is 1.53 bits per heavy atom. The second-order valence-corrected chi connectivity index (χ2v) is 5.53. The maximum Gasteiger partial charge on any atom is 0.319 e. The molecule has 0 spiro atoms. The Balaban J connectivity index is 1.98. The third kappa shape index (κ3) is 3.54. The molecule has 0 unspecified atom stereocenters. The third-order valence-electron chi connectivity index (χ3n) is 3.34. The first-order valence-electron chi connectivity index (χ1n) is 6.13. The molecule has 0 bridgehead atoms. The van der Waals surface area contributed by atoms with Crippen LogP contribution in [0.3, 0.4) is 0 Å². The van der Waals surface area contributed by atoms with Crippen molar-refractivity contribution in [2.75, 3.05) is 13.7 Å². The first kappa shape index (κ1) is 12.6. The van der Waals surface area contributed by atoms with Gasteiger partial charge in [0.1, 0.15) is 0 Å². The van der Waals surface area contributed by atoms with Crippen LogP contribution in [0.25, 0.3) is 0 Å². The quantitative estimate of drug-likeness (QED) is 0.756. The SMILES string of the molecule is COC(=O)CN(Cc1cccs1)C1CCCC1. The lowest BCUT2D eigenvalue weighted by Gasteiger charge is -2.27. The zero-order chi connectivity index (χ0) is 12.1. The molecule has 0 radical (unpaired) electrons. The summed E-state index contributed by atoms with van der Waals surface area (Å²) in [5, 5.41) is 2.08. The molecule has 1 aliphatic rings. The number of ether oxygens (including phenoxy) is 1. The molecule has 0 aromatic carbocycles. The third-order valence-corrected chi connectivity index (χ3v) is 4.20. The molecule has 1 aliphatic carbocycles. The van der Waals surface area contributed by atoms with Crippen LogP contribution in [0.15, 0.2) is 17.5 Å². The molecule has 0 atom stereocenters. The molecule has 1 aromatic heterocycles. The Hall–Kier alpha value is -0.870. The van der Waals surface area contributed by atoms with Gasteiger partial charge in [-0.2, -0.15) is 0 Å². The highest BCUT2D eigenvalue weighted by Gasteiger charge is 2.24. The van der Waals surface area contributed by atoms with Crippen LogP contribution in [0.1, 0.15) is 30.6 Å². The van der Waals surface area contributed by atoms with Gasteiger partial charge in [-0.1, -0.05) is 18.9 Å². The minimum atomic E-state index is -0.131. The summed E-state index contributed by atoms with van der Waals surface area (Å²) in [4.78, 5) is 15.0. The molecule has 2 rings (SSSR count). The normalized spacial score (nSPS) is 16.6. The summed E-state index contributed by atoms with van der Waals surface area (Å²) in [6, 6.07) is 4.74. The number of methoxy groups -OCH3 is 1. The van der Waals surface area contributed by atoms with E-state index < -0.39 is 0 Å². The number of carbonyl (C=O) groups excluding carboxylic acids is 1. The van der Waals surface area contributed by atoms with Gasteiger partial charge in [-0.3, -0.25) is 9.69 Å². The molecule has 1 fully saturated rings. The highest BCUT2D eigenvalue weighted by Crippen LogP contribution is 2.25. The summed E-state index contributed by atoms with van der Waals surface area (Å²) in [7, 11) is 1.46. The van der Waals surface area contributed by atoms with Crippen LogP contribution >= 0.6 is 11.3 Å². The van der Waals surface area contributed by atoms with Crippen LogP contribution < -0.4 is 0 Å². The van der Waals surface area contributed by atoms with Gasteiger partial charge < -0.3 is 4.74 Å². The smallest absolute Gasteiger partial charge is 0.319 e. The zero-order valence-electron chi connectivity index (χ0n) is 10.2. The number of carbonyl (C=O) groups is 1. The van der Waals surface area contributed by atoms with Gasteiger partial charge in [0.2, 0.25) is 0 Å². The van der Waals surface area contributed by atoms with E-state index in [9.17, 15) is 4.79 Å². The van der Waals surface area contributed by atoms with E-state index in [1.165, 1.54) is 37.7 Å². The van der Waals surface area contributed by atoms with Gasteiger partial charge in [-0.15, -0.1) is 11.3 Å². The fourth-order valence-corrected chi connectivity index (χ4v) is 3.15. The van der Waals surface area contributed by atoms with Gasteiger partial charge in [0.05, 0.1) is 13.7 Å². The number of hydrogen-bond donors (Lipinski definition) is 0. The average Bonchev–Trinajstić information content (AvgIpc) is 3.00. The Bertz CT molecular complexity index is 344. The molecule has 1 saturated carbocycles.